The van der Waals surface area contributed by atoms with Crippen molar-refractivity contribution in [3.63, 3.8) is 0 Å². The van der Waals surface area contributed by atoms with Gasteiger partial charge < -0.3 is 10.1 Å². The highest BCUT2D eigenvalue weighted by molar-refractivity contribution is 7.99. The zero-order valence-electron chi connectivity index (χ0n) is 10.5. The number of carboxylic acids is 1. The van der Waals surface area contributed by atoms with Crippen molar-refractivity contribution in [2.24, 2.45) is 0 Å². The molecule has 0 saturated heterocycles. The zero-order valence-corrected chi connectivity index (χ0v) is 11.3. The minimum atomic E-state index is -0.900. The highest BCUT2D eigenvalue weighted by atomic mass is 32.2. The average molecular weight is 276 g/mol. The number of fused-ring (bicyclic) bond motifs is 1. The van der Waals surface area contributed by atoms with Gasteiger partial charge >= 0.3 is 5.97 Å². The molecule has 6 nitrogen and oxygen atoms in total. The van der Waals surface area contributed by atoms with Crippen LogP contribution >= 0.6 is 11.8 Å². The van der Waals surface area contributed by atoms with Crippen molar-refractivity contribution in [1.29, 1.82) is 5.26 Å². The molecule has 0 amide bonds. The first-order chi connectivity index (χ1) is 9.04. The van der Waals surface area contributed by atoms with Crippen molar-refractivity contribution in [3.05, 3.63) is 23.8 Å². The maximum atomic E-state index is 10.7. The zero-order chi connectivity index (χ0) is 14.0. The molecule has 98 valence electrons. The van der Waals surface area contributed by atoms with Crippen LogP contribution in [0.25, 0.3) is 11.0 Å². The molecule has 0 unspecified atom stereocenters. The van der Waals surface area contributed by atoms with E-state index in [0.29, 0.717) is 16.2 Å². The number of nitriles is 1. The Morgan fingerprint density at radius 2 is 2.32 bits per heavy atom. The van der Waals surface area contributed by atoms with Gasteiger partial charge in [0.15, 0.2) is 5.16 Å². The van der Waals surface area contributed by atoms with Crippen molar-refractivity contribution in [1.82, 2.24) is 9.66 Å². The molecule has 0 aliphatic carbocycles. The molecule has 7 heteroatoms. The minimum absolute atomic E-state index is 0.0704. The van der Waals surface area contributed by atoms with E-state index in [1.807, 2.05) is 20.2 Å². The lowest BCUT2D eigenvalue weighted by Gasteiger charge is -2.17. The van der Waals surface area contributed by atoms with Crippen LogP contribution in [-0.4, -0.2) is 40.6 Å². The SMILES string of the molecule is CN(C)n1c(SCC(=O)O)nc2c(C#N)cccc21. The molecule has 0 aliphatic rings. The van der Waals surface area contributed by atoms with E-state index in [1.54, 1.807) is 21.8 Å². The van der Waals surface area contributed by atoms with E-state index in [4.69, 9.17) is 10.4 Å². The van der Waals surface area contributed by atoms with Crippen LogP contribution in [0.5, 0.6) is 0 Å². The number of benzene rings is 1. The van der Waals surface area contributed by atoms with Crippen LogP contribution in [0.4, 0.5) is 0 Å². The highest BCUT2D eigenvalue weighted by Gasteiger charge is 2.16. The second kappa shape index (κ2) is 5.20. The third-order valence-corrected chi connectivity index (χ3v) is 3.39. The first-order valence-corrected chi connectivity index (χ1v) is 6.47. The molecule has 0 fully saturated rings. The molecule has 19 heavy (non-hydrogen) atoms. The normalized spacial score (nSPS) is 10.4. The summed E-state index contributed by atoms with van der Waals surface area (Å²) < 4.78 is 1.80. The van der Waals surface area contributed by atoms with E-state index in [0.717, 1.165) is 17.3 Å². The molecule has 1 heterocycles. The van der Waals surface area contributed by atoms with Crippen molar-refractivity contribution in [2.45, 2.75) is 5.16 Å². The van der Waals surface area contributed by atoms with Gasteiger partial charge in [0.05, 0.1) is 16.8 Å². The fourth-order valence-electron chi connectivity index (χ4n) is 1.76. The lowest BCUT2D eigenvalue weighted by Crippen LogP contribution is -2.25. The van der Waals surface area contributed by atoms with Crippen LogP contribution in [0.15, 0.2) is 23.4 Å². The van der Waals surface area contributed by atoms with Crippen molar-refractivity contribution in [3.8, 4) is 6.07 Å². The second-order valence-electron chi connectivity index (χ2n) is 4.02. The summed E-state index contributed by atoms with van der Waals surface area (Å²) >= 11 is 1.13. The quantitative estimate of drug-likeness (QED) is 0.847. The van der Waals surface area contributed by atoms with Crippen LogP contribution < -0.4 is 5.01 Å². The molecular weight excluding hydrogens is 264 g/mol. The van der Waals surface area contributed by atoms with Crippen molar-refractivity contribution < 1.29 is 9.90 Å². The van der Waals surface area contributed by atoms with Crippen LogP contribution in [0, 0.1) is 11.3 Å². The van der Waals surface area contributed by atoms with Gasteiger partial charge in [0.2, 0.25) is 0 Å². The van der Waals surface area contributed by atoms with Crippen LogP contribution in [0.2, 0.25) is 0 Å². The molecule has 1 aromatic heterocycles. The summed E-state index contributed by atoms with van der Waals surface area (Å²) in [5, 5.41) is 20.2. The third kappa shape index (κ3) is 2.48. The Kier molecular flexibility index (Phi) is 3.62. The first kappa shape index (κ1) is 13.2. The number of hydrogen-bond acceptors (Lipinski definition) is 5. The Balaban J connectivity index is 2.60. The van der Waals surface area contributed by atoms with E-state index in [1.165, 1.54) is 0 Å². The molecule has 0 atom stereocenters. The van der Waals surface area contributed by atoms with Crippen molar-refractivity contribution in [2.75, 3.05) is 24.9 Å². The topological polar surface area (TPSA) is 82.2 Å². The average Bonchev–Trinajstić information content (AvgIpc) is 2.74. The van der Waals surface area contributed by atoms with Gasteiger partial charge in [-0.2, -0.15) is 5.26 Å². The smallest absolute Gasteiger partial charge is 0.313 e. The summed E-state index contributed by atoms with van der Waals surface area (Å²) in [5.74, 6) is -0.971. The van der Waals surface area contributed by atoms with E-state index in [2.05, 4.69) is 11.1 Å². The van der Waals surface area contributed by atoms with E-state index >= 15 is 0 Å². The number of para-hydroxylation sites is 1. The van der Waals surface area contributed by atoms with Gasteiger partial charge in [-0.1, -0.05) is 17.8 Å². The van der Waals surface area contributed by atoms with Gasteiger partial charge in [-0.25, -0.2) is 9.66 Å². The number of nitrogens with zero attached hydrogens (tertiary/aromatic N) is 4. The third-order valence-electron chi connectivity index (χ3n) is 2.48. The summed E-state index contributed by atoms with van der Waals surface area (Å²) in [6, 6.07) is 7.43. The Bertz CT molecular complexity index is 672. The first-order valence-electron chi connectivity index (χ1n) is 5.48. The summed E-state index contributed by atoms with van der Waals surface area (Å²) in [7, 11) is 3.68. The fraction of sp³-hybridized carbons (Fsp3) is 0.250. The lowest BCUT2D eigenvalue weighted by atomic mass is 10.2. The molecule has 1 aromatic carbocycles. The molecule has 1 N–H and O–H groups in total. The summed E-state index contributed by atoms with van der Waals surface area (Å²) in [5.41, 5.74) is 1.86. The molecule has 0 aliphatic heterocycles. The maximum Gasteiger partial charge on any atom is 0.313 e. The Hall–Kier alpha value is -2.20. The fourth-order valence-corrected chi connectivity index (χ4v) is 2.55. The molecule has 0 spiro atoms. The number of thioether (sulfide) groups is 1. The number of aliphatic carboxylic acids is 1. The number of imidazole rings is 1. The van der Waals surface area contributed by atoms with Crippen LogP contribution in [0.1, 0.15) is 5.56 Å². The molecule has 0 saturated carbocycles. The molecule has 0 bridgehead atoms. The van der Waals surface area contributed by atoms with E-state index < -0.39 is 5.97 Å². The summed E-state index contributed by atoms with van der Waals surface area (Å²) in [4.78, 5) is 15.0. The lowest BCUT2D eigenvalue weighted by molar-refractivity contribution is -0.133. The minimum Gasteiger partial charge on any atom is -0.481 e. The highest BCUT2D eigenvalue weighted by Crippen LogP contribution is 2.25. The van der Waals surface area contributed by atoms with E-state index in [9.17, 15) is 4.79 Å². The van der Waals surface area contributed by atoms with Gasteiger partial charge in [-0.15, -0.1) is 0 Å². The van der Waals surface area contributed by atoms with Crippen LogP contribution in [0.3, 0.4) is 0 Å². The second-order valence-corrected chi connectivity index (χ2v) is 4.96. The predicted molar refractivity (Wildman–Crippen MR) is 72.9 cm³/mol. The number of hydrogen-bond donors (Lipinski definition) is 1. The maximum absolute atomic E-state index is 10.7. The van der Waals surface area contributed by atoms with E-state index in [-0.39, 0.29) is 5.75 Å². The Morgan fingerprint density at radius 1 is 1.58 bits per heavy atom. The number of carboxylic acid groups (broad SMARTS) is 1. The monoisotopic (exact) mass is 276 g/mol. The Labute approximate surface area is 114 Å². The summed E-state index contributed by atoms with van der Waals surface area (Å²) in [6.07, 6.45) is 0. The van der Waals surface area contributed by atoms with Gasteiger partial charge in [0.25, 0.3) is 0 Å². The van der Waals surface area contributed by atoms with Crippen LogP contribution in [-0.2, 0) is 4.79 Å². The standard InChI is InChI=1S/C12H12N4O2S/c1-15(2)16-9-5-3-4-8(6-13)11(9)14-12(16)19-7-10(17)18/h3-5H,7H2,1-2H3,(H,17,18). The molecule has 0 radical (unpaired) electrons. The molecular formula is C12H12N4O2S. The number of aromatic nitrogens is 2. The van der Waals surface area contributed by atoms with Gasteiger partial charge in [0, 0.05) is 14.1 Å². The predicted octanol–water partition coefficient (Wildman–Crippen LogP) is 1.28. The van der Waals surface area contributed by atoms with Gasteiger partial charge in [0.1, 0.15) is 11.6 Å². The largest absolute Gasteiger partial charge is 0.481 e. The molecule has 2 aromatic rings. The Morgan fingerprint density at radius 3 is 2.89 bits per heavy atom. The number of rotatable bonds is 4. The van der Waals surface area contributed by atoms with Gasteiger partial charge in [-0.3, -0.25) is 4.79 Å². The van der Waals surface area contributed by atoms with Crippen molar-refractivity contribution >= 4 is 28.8 Å². The van der Waals surface area contributed by atoms with Gasteiger partial charge in [-0.05, 0) is 12.1 Å². The summed E-state index contributed by atoms with van der Waals surface area (Å²) in [6.45, 7) is 0. The molecule has 2 rings (SSSR count). The number of carbonyl (C=O) groups is 1.